The normalized spacial score (nSPS) is 10.5. The molecule has 1 N–H and O–H groups in total. The summed E-state index contributed by atoms with van der Waals surface area (Å²) < 4.78 is 0. The fourth-order valence-electron chi connectivity index (χ4n) is 2.20. The van der Waals surface area contributed by atoms with Crippen molar-refractivity contribution in [1.82, 2.24) is 10.3 Å². The summed E-state index contributed by atoms with van der Waals surface area (Å²) in [4.78, 5) is 16.5. The Morgan fingerprint density at radius 1 is 1.05 bits per heavy atom. The van der Waals surface area contributed by atoms with Crippen LogP contribution in [0, 0.1) is 0 Å². The Morgan fingerprint density at radius 2 is 1.81 bits per heavy atom. The van der Waals surface area contributed by atoms with Gasteiger partial charge in [0.15, 0.2) is 0 Å². The Morgan fingerprint density at radius 3 is 2.67 bits per heavy atom. The molecule has 104 valence electrons. The van der Waals surface area contributed by atoms with Crippen LogP contribution in [0.1, 0.15) is 16.1 Å². The summed E-state index contributed by atoms with van der Waals surface area (Å²) in [6, 6.07) is 17.0. The first-order valence-corrected chi connectivity index (χ1v) is 6.99. The van der Waals surface area contributed by atoms with Crippen molar-refractivity contribution in [2.45, 2.75) is 6.54 Å². The molecule has 3 rings (SSSR count). The Hall–Kier alpha value is -2.39. The van der Waals surface area contributed by atoms with Crippen LogP contribution >= 0.6 is 11.6 Å². The van der Waals surface area contributed by atoms with Crippen molar-refractivity contribution in [2.24, 2.45) is 0 Å². The zero-order chi connectivity index (χ0) is 14.7. The van der Waals surface area contributed by atoms with E-state index in [0.29, 0.717) is 17.3 Å². The van der Waals surface area contributed by atoms with Crippen molar-refractivity contribution in [2.75, 3.05) is 0 Å². The number of carbonyl (C=O) groups is 1. The van der Waals surface area contributed by atoms with Crippen LogP contribution in [-0.2, 0) is 6.54 Å². The van der Waals surface area contributed by atoms with E-state index in [1.807, 2.05) is 48.5 Å². The molecule has 3 aromatic rings. The Labute approximate surface area is 127 Å². The lowest BCUT2D eigenvalue weighted by Crippen LogP contribution is -2.24. The van der Waals surface area contributed by atoms with Gasteiger partial charge in [-0.25, -0.2) is 0 Å². The van der Waals surface area contributed by atoms with Gasteiger partial charge >= 0.3 is 0 Å². The number of fused-ring (bicyclic) bond motifs is 1. The molecule has 0 saturated heterocycles. The standard InChI is InChI=1S/C17H13ClN2O/c18-15-8-4-2-6-13(15)11-20-17(21)16-14-7-3-1-5-12(14)9-10-19-16/h1-10H,11H2,(H,20,21). The van der Waals surface area contributed by atoms with E-state index in [0.717, 1.165) is 16.3 Å². The van der Waals surface area contributed by atoms with Gasteiger partial charge in [-0.1, -0.05) is 54.1 Å². The zero-order valence-electron chi connectivity index (χ0n) is 11.2. The van der Waals surface area contributed by atoms with Gasteiger partial charge in [0.25, 0.3) is 5.91 Å². The maximum atomic E-state index is 12.3. The second kappa shape index (κ2) is 5.94. The van der Waals surface area contributed by atoms with Crippen LogP contribution < -0.4 is 5.32 Å². The van der Waals surface area contributed by atoms with E-state index in [1.165, 1.54) is 0 Å². The van der Waals surface area contributed by atoms with E-state index in [2.05, 4.69) is 10.3 Å². The number of aromatic nitrogens is 1. The van der Waals surface area contributed by atoms with Gasteiger partial charge in [0.1, 0.15) is 5.69 Å². The fraction of sp³-hybridized carbons (Fsp3) is 0.0588. The number of carbonyl (C=O) groups excluding carboxylic acids is 1. The van der Waals surface area contributed by atoms with Crippen molar-refractivity contribution < 1.29 is 4.79 Å². The summed E-state index contributed by atoms with van der Waals surface area (Å²) in [5, 5.41) is 5.34. The zero-order valence-corrected chi connectivity index (χ0v) is 12.0. The molecule has 1 aromatic heterocycles. The molecule has 0 unspecified atom stereocenters. The van der Waals surface area contributed by atoms with E-state index < -0.39 is 0 Å². The number of rotatable bonds is 3. The molecule has 21 heavy (non-hydrogen) atoms. The summed E-state index contributed by atoms with van der Waals surface area (Å²) in [6.07, 6.45) is 1.65. The third kappa shape index (κ3) is 2.88. The summed E-state index contributed by atoms with van der Waals surface area (Å²) in [6.45, 7) is 0.378. The van der Waals surface area contributed by atoms with Gasteiger partial charge in [-0.05, 0) is 23.1 Å². The summed E-state index contributed by atoms with van der Waals surface area (Å²) in [5.41, 5.74) is 1.31. The van der Waals surface area contributed by atoms with Crippen molar-refractivity contribution in [3.8, 4) is 0 Å². The second-order valence-electron chi connectivity index (χ2n) is 4.65. The molecule has 0 fully saturated rings. The maximum absolute atomic E-state index is 12.3. The van der Waals surface area contributed by atoms with Gasteiger partial charge in [-0.2, -0.15) is 0 Å². The van der Waals surface area contributed by atoms with Crippen molar-refractivity contribution in [3.63, 3.8) is 0 Å². The van der Waals surface area contributed by atoms with Crippen LogP contribution in [0.4, 0.5) is 0 Å². The molecule has 0 aliphatic heterocycles. The van der Waals surface area contributed by atoms with Gasteiger partial charge in [-0.3, -0.25) is 9.78 Å². The first-order valence-electron chi connectivity index (χ1n) is 6.61. The summed E-state index contributed by atoms with van der Waals surface area (Å²) in [5.74, 6) is -0.202. The lowest BCUT2D eigenvalue weighted by molar-refractivity contribution is 0.0948. The third-order valence-corrected chi connectivity index (χ3v) is 3.65. The summed E-state index contributed by atoms with van der Waals surface area (Å²) >= 11 is 6.08. The topological polar surface area (TPSA) is 42.0 Å². The lowest BCUT2D eigenvalue weighted by Gasteiger charge is -2.08. The highest BCUT2D eigenvalue weighted by Crippen LogP contribution is 2.17. The molecule has 0 aliphatic carbocycles. The molecule has 0 bridgehead atoms. The monoisotopic (exact) mass is 296 g/mol. The average Bonchev–Trinajstić information content (AvgIpc) is 2.53. The highest BCUT2D eigenvalue weighted by Gasteiger charge is 2.11. The minimum absolute atomic E-state index is 0.202. The van der Waals surface area contributed by atoms with Crippen LogP contribution in [0.5, 0.6) is 0 Å². The third-order valence-electron chi connectivity index (χ3n) is 3.29. The number of nitrogens with zero attached hydrogens (tertiary/aromatic N) is 1. The van der Waals surface area contributed by atoms with Crippen molar-refractivity contribution in [1.29, 1.82) is 0 Å². The van der Waals surface area contributed by atoms with Crippen LogP contribution in [0.15, 0.2) is 60.8 Å². The number of nitrogens with one attached hydrogen (secondary N) is 1. The molecule has 1 amide bonds. The number of hydrogen-bond acceptors (Lipinski definition) is 2. The molecule has 0 saturated carbocycles. The molecule has 0 aliphatic rings. The smallest absolute Gasteiger partial charge is 0.270 e. The molecule has 4 heteroatoms. The Kier molecular flexibility index (Phi) is 3.84. The molecular formula is C17H13ClN2O. The molecule has 2 aromatic carbocycles. The highest BCUT2D eigenvalue weighted by atomic mass is 35.5. The van der Waals surface area contributed by atoms with Crippen LogP contribution in [0.3, 0.4) is 0 Å². The van der Waals surface area contributed by atoms with Gasteiger partial charge in [-0.15, -0.1) is 0 Å². The minimum Gasteiger partial charge on any atom is -0.347 e. The average molecular weight is 297 g/mol. The van der Waals surface area contributed by atoms with E-state index in [1.54, 1.807) is 12.3 Å². The first-order chi connectivity index (χ1) is 10.3. The van der Waals surface area contributed by atoms with Crippen molar-refractivity contribution in [3.05, 3.63) is 77.1 Å². The Balaban J connectivity index is 1.83. The largest absolute Gasteiger partial charge is 0.347 e. The number of hydrogen-bond donors (Lipinski definition) is 1. The molecule has 3 nitrogen and oxygen atoms in total. The number of benzene rings is 2. The second-order valence-corrected chi connectivity index (χ2v) is 5.06. The SMILES string of the molecule is O=C(NCc1ccccc1Cl)c1nccc2ccccc12. The van der Waals surface area contributed by atoms with E-state index >= 15 is 0 Å². The number of halogens is 1. The molecule has 0 atom stereocenters. The minimum atomic E-state index is -0.202. The van der Waals surface area contributed by atoms with Crippen LogP contribution in [0.2, 0.25) is 5.02 Å². The van der Waals surface area contributed by atoms with Gasteiger partial charge < -0.3 is 5.32 Å². The van der Waals surface area contributed by atoms with Gasteiger partial charge in [0.2, 0.25) is 0 Å². The maximum Gasteiger partial charge on any atom is 0.270 e. The van der Waals surface area contributed by atoms with E-state index in [4.69, 9.17) is 11.6 Å². The van der Waals surface area contributed by atoms with Gasteiger partial charge in [0, 0.05) is 23.2 Å². The quantitative estimate of drug-likeness (QED) is 0.798. The van der Waals surface area contributed by atoms with E-state index in [-0.39, 0.29) is 5.91 Å². The first kappa shape index (κ1) is 13.6. The molecule has 0 radical (unpaired) electrons. The highest BCUT2D eigenvalue weighted by molar-refractivity contribution is 6.31. The Bertz CT molecular complexity index is 796. The van der Waals surface area contributed by atoms with E-state index in [9.17, 15) is 4.79 Å². The number of amides is 1. The lowest BCUT2D eigenvalue weighted by atomic mass is 10.1. The van der Waals surface area contributed by atoms with Gasteiger partial charge in [0.05, 0.1) is 0 Å². The summed E-state index contributed by atoms with van der Waals surface area (Å²) in [7, 11) is 0. The van der Waals surface area contributed by atoms with Crippen LogP contribution in [0.25, 0.3) is 10.8 Å². The molecule has 1 heterocycles. The molecular weight excluding hydrogens is 284 g/mol. The van der Waals surface area contributed by atoms with Crippen molar-refractivity contribution >= 4 is 28.3 Å². The predicted molar refractivity (Wildman–Crippen MR) is 84.4 cm³/mol. The predicted octanol–water partition coefficient (Wildman–Crippen LogP) is 3.82. The van der Waals surface area contributed by atoms with Crippen LogP contribution in [-0.4, -0.2) is 10.9 Å². The number of pyridine rings is 1. The fourth-order valence-corrected chi connectivity index (χ4v) is 2.40. The molecule has 0 spiro atoms.